The molecule has 21 heavy (non-hydrogen) atoms. The minimum Gasteiger partial charge on any atom is -0.494 e. The van der Waals surface area contributed by atoms with E-state index in [-0.39, 0.29) is 0 Å². The van der Waals surface area contributed by atoms with Crippen LogP contribution in [0.5, 0.6) is 5.75 Å². The Labute approximate surface area is 126 Å². The summed E-state index contributed by atoms with van der Waals surface area (Å²) in [5, 5.41) is 7.79. The molecule has 0 unspecified atom stereocenters. The third-order valence-electron chi connectivity index (χ3n) is 3.82. The summed E-state index contributed by atoms with van der Waals surface area (Å²) >= 11 is 0. The Kier molecular flexibility index (Phi) is 4.55. The van der Waals surface area contributed by atoms with E-state index in [1.165, 1.54) is 24.1 Å². The highest BCUT2D eigenvalue weighted by atomic mass is 16.5. The van der Waals surface area contributed by atoms with Crippen LogP contribution in [0.3, 0.4) is 0 Å². The Bertz CT molecular complexity index is 561. The molecular formula is C17H23N3O. The van der Waals surface area contributed by atoms with Crippen molar-refractivity contribution in [2.24, 2.45) is 0 Å². The van der Waals surface area contributed by atoms with Crippen molar-refractivity contribution in [2.75, 3.05) is 13.7 Å². The minimum atomic E-state index is 0.728. The third-order valence-corrected chi connectivity index (χ3v) is 3.82. The van der Waals surface area contributed by atoms with Crippen LogP contribution in [-0.4, -0.2) is 23.4 Å². The van der Waals surface area contributed by atoms with Gasteiger partial charge in [0.15, 0.2) is 0 Å². The van der Waals surface area contributed by atoms with Gasteiger partial charge in [0, 0.05) is 36.7 Å². The molecule has 1 aliphatic carbocycles. The molecule has 0 radical (unpaired) electrons. The van der Waals surface area contributed by atoms with Gasteiger partial charge >= 0.3 is 0 Å². The molecule has 0 aliphatic heterocycles. The van der Waals surface area contributed by atoms with Gasteiger partial charge in [-0.05, 0) is 32.0 Å². The molecule has 1 aliphatic rings. The molecule has 0 bridgehead atoms. The first-order chi connectivity index (χ1) is 10.4. The van der Waals surface area contributed by atoms with Crippen molar-refractivity contribution in [1.82, 2.24) is 15.1 Å². The van der Waals surface area contributed by atoms with Crippen molar-refractivity contribution < 1.29 is 4.74 Å². The summed E-state index contributed by atoms with van der Waals surface area (Å²) < 4.78 is 7.92. The normalized spacial score (nSPS) is 14.3. The first-order valence-electron chi connectivity index (χ1n) is 7.75. The summed E-state index contributed by atoms with van der Waals surface area (Å²) in [6.07, 6.45) is 5.61. The highest BCUT2D eigenvalue weighted by Gasteiger charge is 2.29. The van der Waals surface area contributed by atoms with Crippen molar-refractivity contribution in [3.63, 3.8) is 0 Å². The van der Waals surface area contributed by atoms with Crippen LogP contribution in [-0.2, 0) is 13.1 Å². The molecule has 1 fully saturated rings. The number of para-hydroxylation sites is 1. The fraction of sp³-hybridized carbons (Fsp3) is 0.471. The van der Waals surface area contributed by atoms with Gasteiger partial charge < -0.3 is 10.1 Å². The van der Waals surface area contributed by atoms with Crippen LogP contribution in [0.15, 0.2) is 36.5 Å². The zero-order chi connectivity index (χ0) is 14.5. The summed E-state index contributed by atoms with van der Waals surface area (Å²) in [5.74, 6) is 1.67. The topological polar surface area (TPSA) is 39.1 Å². The van der Waals surface area contributed by atoms with Crippen LogP contribution in [0.4, 0.5) is 0 Å². The first-order valence-corrected chi connectivity index (χ1v) is 7.75. The average molecular weight is 285 g/mol. The van der Waals surface area contributed by atoms with E-state index >= 15 is 0 Å². The van der Waals surface area contributed by atoms with Crippen molar-refractivity contribution in [3.05, 3.63) is 47.8 Å². The van der Waals surface area contributed by atoms with Crippen LogP contribution < -0.4 is 10.1 Å². The minimum absolute atomic E-state index is 0.728. The van der Waals surface area contributed by atoms with Crippen LogP contribution >= 0.6 is 0 Å². The van der Waals surface area contributed by atoms with Crippen LogP contribution in [0.25, 0.3) is 0 Å². The van der Waals surface area contributed by atoms with Gasteiger partial charge in [-0.25, -0.2) is 0 Å². The van der Waals surface area contributed by atoms with E-state index in [4.69, 9.17) is 4.74 Å². The Morgan fingerprint density at radius 2 is 2.10 bits per heavy atom. The van der Waals surface area contributed by atoms with Crippen LogP contribution in [0.1, 0.15) is 36.4 Å². The number of nitrogens with one attached hydrogen (secondary N) is 1. The maximum Gasteiger partial charge on any atom is 0.119 e. The highest BCUT2D eigenvalue weighted by Crippen LogP contribution is 2.41. The van der Waals surface area contributed by atoms with E-state index in [1.807, 2.05) is 43.6 Å². The molecule has 0 spiro atoms. The molecule has 112 valence electrons. The number of ether oxygens (including phenoxy) is 1. The number of aryl methyl sites for hydroxylation is 1. The van der Waals surface area contributed by atoms with Crippen LogP contribution in [0, 0.1) is 0 Å². The lowest BCUT2D eigenvalue weighted by Crippen LogP contribution is -2.11. The molecule has 4 nitrogen and oxygen atoms in total. The maximum atomic E-state index is 5.74. The Morgan fingerprint density at radius 1 is 1.29 bits per heavy atom. The van der Waals surface area contributed by atoms with Crippen LogP contribution in [0.2, 0.25) is 0 Å². The quantitative estimate of drug-likeness (QED) is 0.758. The zero-order valence-electron chi connectivity index (χ0n) is 12.6. The van der Waals surface area contributed by atoms with Gasteiger partial charge in [0.25, 0.3) is 0 Å². The molecule has 2 aromatic rings. The molecule has 3 rings (SSSR count). The number of hydrogen-bond acceptors (Lipinski definition) is 3. The van der Waals surface area contributed by atoms with Crippen molar-refractivity contribution in [3.8, 4) is 5.75 Å². The van der Waals surface area contributed by atoms with Gasteiger partial charge in [0.2, 0.25) is 0 Å². The number of aromatic nitrogens is 2. The Balaban J connectivity index is 1.53. The second-order valence-electron chi connectivity index (χ2n) is 5.60. The van der Waals surface area contributed by atoms with Crippen molar-refractivity contribution in [2.45, 2.75) is 38.3 Å². The molecule has 0 saturated heterocycles. The molecule has 0 atom stereocenters. The van der Waals surface area contributed by atoms with Crippen molar-refractivity contribution in [1.29, 1.82) is 0 Å². The van der Waals surface area contributed by atoms with Gasteiger partial charge in [-0.2, -0.15) is 5.10 Å². The lowest BCUT2D eigenvalue weighted by Gasteiger charge is -2.10. The number of hydrogen-bond donors (Lipinski definition) is 1. The molecule has 1 aromatic heterocycles. The number of nitrogens with zero attached hydrogens (tertiary/aromatic N) is 2. The van der Waals surface area contributed by atoms with E-state index in [0.29, 0.717) is 0 Å². The van der Waals surface area contributed by atoms with E-state index < -0.39 is 0 Å². The van der Waals surface area contributed by atoms with Gasteiger partial charge in [0.05, 0.1) is 12.8 Å². The van der Waals surface area contributed by atoms with Gasteiger partial charge in [0.1, 0.15) is 5.75 Å². The fourth-order valence-electron chi connectivity index (χ4n) is 2.69. The van der Waals surface area contributed by atoms with E-state index in [9.17, 15) is 0 Å². The summed E-state index contributed by atoms with van der Waals surface area (Å²) in [5.41, 5.74) is 2.79. The zero-order valence-corrected chi connectivity index (χ0v) is 12.6. The van der Waals surface area contributed by atoms with Gasteiger partial charge in [-0.1, -0.05) is 18.2 Å². The van der Waals surface area contributed by atoms with Crippen molar-refractivity contribution >= 4 is 0 Å². The predicted octanol–water partition coefficient (Wildman–Crippen LogP) is 2.95. The molecular weight excluding hydrogens is 262 g/mol. The summed E-state index contributed by atoms with van der Waals surface area (Å²) in [6, 6.07) is 9.99. The summed E-state index contributed by atoms with van der Waals surface area (Å²) in [7, 11) is 1.99. The van der Waals surface area contributed by atoms with Gasteiger partial charge in [-0.3, -0.25) is 4.68 Å². The molecule has 1 heterocycles. The smallest absolute Gasteiger partial charge is 0.119 e. The Morgan fingerprint density at radius 3 is 2.81 bits per heavy atom. The maximum absolute atomic E-state index is 5.74. The number of benzene rings is 1. The van der Waals surface area contributed by atoms with E-state index in [1.54, 1.807) is 0 Å². The second kappa shape index (κ2) is 6.76. The van der Waals surface area contributed by atoms with E-state index in [2.05, 4.69) is 15.1 Å². The molecule has 0 amide bonds. The molecule has 4 heteroatoms. The molecule has 1 N–H and O–H groups in total. The Hall–Kier alpha value is -1.81. The average Bonchev–Trinajstić information content (AvgIpc) is 3.28. The third kappa shape index (κ3) is 3.64. The fourth-order valence-corrected chi connectivity index (χ4v) is 2.69. The molecule has 1 aromatic carbocycles. The lowest BCUT2D eigenvalue weighted by molar-refractivity contribution is 0.297. The summed E-state index contributed by atoms with van der Waals surface area (Å²) in [4.78, 5) is 0. The van der Waals surface area contributed by atoms with E-state index in [0.717, 1.165) is 37.8 Å². The van der Waals surface area contributed by atoms with Gasteiger partial charge in [-0.15, -0.1) is 0 Å². The first kappa shape index (κ1) is 14.1. The SMILES string of the molecule is CNCc1cnn(CCCOc2ccccc2)c1C1CC1. The number of rotatable bonds is 8. The lowest BCUT2D eigenvalue weighted by atomic mass is 10.1. The largest absolute Gasteiger partial charge is 0.494 e. The monoisotopic (exact) mass is 285 g/mol. The predicted molar refractivity (Wildman–Crippen MR) is 83.5 cm³/mol. The second-order valence-corrected chi connectivity index (χ2v) is 5.60. The summed E-state index contributed by atoms with van der Waals surface area (Å²) in [6.45, 7) is 2.57. The highest BCUT2D eigenvalue weighted by molar-refractivity contribution is 5.25. The molecule has 1 saturated carbocycles. The standard InChI is InChI=1S/C17H23N3O/c1-18-12-15-13-19-20(17(15)14-8-9-14)10-5-11-21-16-6-3-2-4-7-16/h2-4,6-7,13-14,18H,5,8-12H2,1H3.